The van der Waals surface area contributed by atoms with E-state index in [0.717, 1.165) is 5.56 Å². The SMILES string of the molecule is CCON=C(CC)C1=C(O)CC(c2ccc3c(c2)N(COC)C(=O)CO3)CC1=O. The zero-order valence-electron chi connectivity index (χ0n) is 16.9. The second kappa shape index (κ2) is 9.09. The van der Waals surface area contributed by atoms with E-state index in [1.807, 2.05) is 19.1 Å². The third kappa shape index (κ3) is 4.27. The number of Topliss-reactive ketones (excluding diaryl/α,β-unsaturated/α-hetero) is 1. The number of carbonyl (C=O) groups is 2. The van der Waals surface area contributed by atoms with Crippen molar-refractivity contribution in [3.63, 3.8) is 0 Å². The molecule has 29 heavy (non-hydrogen) atoms. The topological polar surface area (TPSA) is 97.7 Å². The molecule has 0 fully saturated rings. The van der Waals surface area contributed by atoms with Crippen LogP contribution in [0.15, 0.2) is 34.7 Å². The maximum Gasteiger partial charge on any atom is 0.266 e. The van der Waals surface area contributed by atoms with Gasteiger partial charge < -0.3 is 19.4 Å². The Bertz CT molecular complexity index is 861. The lowest BCUT2D eigenvalue weighted by atomic mass is 9.81. The summed E-state index contributed by atoms with van der Waals surface area (Å²) in [7, 11) is 1.52. The van der Waals surface area contributed by atoms with Crippen molar-refractivity contribution < 1.29 is 29.0 Å². The van der Waals surface area contributed by atoms with Gasteiger partial charge in [-0.1, -0.05) is 18.1 Å². The van der Waals surface area contributed by atoms with Crippen LogP contribution < -0.4 is 9.64 Å². The van der Waals surface area contributed by atoms with Crippen LogP contribution in [0.4, 0.5) is 5.69 Å². The summed E-state index contributed by atoms with van der Waals surface area (Å²) in [5, 5.41) is 14.6. The predicted molar refractivity (Wildman–Crippen MR) is 107 cm³/mol. The number of hydrogen-bond acceptors (Lipinski definition) is 7. The molecule has 1 amide bonds. The first-order valence-corrected chi connectivity index (χ1v) is 9.70. The van der Waals surface area contributed by atoms with Crippen LogP contribution in [-0.4, -0.2) is 49.6 Å². The Kier molecular flexibility index (Phi) is 6.53. The summed E-state index contributed by atoms with van der Waals surface area (Å²) in [5.74, 6) is 0.0393. The Hall–Kier alpha value is -2.87. The number of anilines is 1. The first-order chi connectivity index (χ1) is 14.0. The molecule has 0 radical (unpaired) electrons. The molecule has 0 bridgehead atoms. The molecule has 1 atom stereocenters. The number of allylic oxidation sites excluding steroid dienone is 2. The van der Waals surface area contributed by atoms with Crippen LogP contribution in [0.1, 0.15) is 44.6 Å². The molecule has 1 aromatic rings. The summed E-state index contributed by atoms with van der Waals surface area (Å²) in [6.07, 6.45) is 1.03. The number of amides is 1. The third-order valence-electron chi connectivity index (χ3n) is 5.02. The maximum absolute atomic E-state index is 12.8. The highest BCUT2D eigenvalue weighted by Crippen LogP contribution is 2.39. The van der Waals surface area contributed by atoms with Crippen LogP contribution in [0.5, 0.6) is 5.75 Å². The monoisotopic (exact) mass is 402 g/mol. The summed E-state index contributed by atoms with van der Waals surface area (Å²) in [6, 6.07) is 5.48. The fourth-order valence-electron chi connectivity index (χ4n) is 3.63. The fraction of sp³-hybridized carbons (Fsp3) is 0.476. The van der Waals surface area contributed by atoms with Gasteiger partial charge in [-0.05, 0) is 37.0 Å². The van der Waals surface area contributed by atoms with E-state index in [0.29, 0.717) is 36.6 Å². The van der Waals surface area contributed by atoms with Gasteiger partial charge in [0, 0.05) is 20.0 Å². The molecule has 8 nitrogen and oxygen atoms in total. The van der Waals surface area contributed by atoms with Crippen molar-refractivity contribution in [1.29, 1.82) is 0 Å². The van der Waals surface area contributed by atoms with Crippen molar-refractivity contribution >= 4 is 23.1 Å². The molecule has 1 aliphatic heterocycles. The number of nitrogens with zero attached hydrogens (tertiary/aromatic N) is 2. The molecule has 8 heteroatoms. The van der Waals surface area contributed by atoms with E-state index in [1.54, 1.807) is 13.0 Å². The van der Waals surface area contributed by atoms with Gasteiger partial charge >= 0.3 is 0 Å². The molecule has 2 aliphatic rings. The van der Waals surface area contributed by atoms with Gasteiger partial charge in [0.1, 0.15) is 24.8 Å². The third-order valence-corrected chi connectivity index (χ3v) is 5.02. The molecule has 1 N–H and O–H groups in total. The van der Waals surface area contributed by atoms with Crippen LogP contribution in [0.2, 0.25) is 0 Å². The molecule has 1 aromatic carbocycles. The molecule has 0 aromatic heterocycles. The molecule has 156 valence electrons. The standard InChI is InChI=1S/C21H26N2O6/c1-4-15(22-29-5-2)21-17(24)9-14(10-18(21)25)13-6-7-19-16(8-13)23(12-27-3)20(26)11-28-19/h6-8,14,24H,4-5,9-12H2,1-3H3. The number of rotatable bonds is 7. The second-order valence-corrected chi connectivity index (χ2v) is 6.91. The maximum atomic E-state index is 12.8. The lowest BCUT2D eigenvalue weighted by Crippen LogP contribution is -2.40. The number of aliphatic hydroxyl groups excluding tert-OH is 1. The smallest absolute Gasteiger partial charge is 0.266 e. The minimum atomic E-state index is -0.205. The van der Waals surface area contributed by atoms with Crippen LogP contribution in [-0.2, 0) is 19.2 Å². The fourth-order valence-corrected chi connectivity index (χ4v) is 3.63. The van der Waals surface area contributed by atoms with Gasteiger partial charge in [-0.3, -0.25) is 14.5 Å². The molecule has 0 saturated carbocycles. The van der Waals surface area contributed by atoms with Crippen LogP contribution >= 0.6 is 0 Å². The molecule has 0 saturated heterocycles. The van der Waals surface area contributed by atoms with Gasteiger partial charge in [-0.15, -0.1) is 0 Å². The summed E-state index contributed by atoms with van der Waals surface area (Å²) >= 11 is 0. The minimum Gasteiger partial charge on any atom is -0.511 e. The highest BCUT2D eigenvalue weighted by molar-refractivity contribution is 6.23. The van der Waals surface area contributed by atoms with Crippen molar-refractivity contribution in [2.75, 3.05) is 32.0 Å². The van der Waals surface area contributed by atoms with E-state index in [4.69, 9.17) is 14.3 Å². The highest BCUT2D eigenvalue weighted by Gasteiger charge is 2.33. The number of fused-ring (bicyclic) bond motifs is 1. The van der Waals surface area contributed by atoms with Crippen molar-refractivity contribution in [1.82, 2.24) is 0 Å². The molecule has 0 spiro atoms. The molecule has 1 unspecified atom stereocenters. The Balaban J connectivity index is 1.90. The quantitative estimate of drug-likeness (QED) is 0.556. The van der Waals surface area contributed by atoms with Crippen LogP contribution in [0, 0.1) is 0 Å². The van der Waals surface area contributed by atoms with E-state index >= 15 is 0 Å². The molecular weight excluding hydrogens is 376 g/mol. The number of methoxy groups -OCH3 is 1. The molecule has 1 heterocycles. The lowest BCUT2D eigenvalue weighted by Gasteiger charge is -2.30. The number of aliphatic hydroxyl groups is 1. The Labute approximate surface area is 169 Å². The van der Waals surface area contributed by atoms with E-state index in [1.165, 1.54) is 12.0 Å². The highest BCUT2D eigenvalue weighted by atomic mass is 16.6. The number of carbonyl (C=O) groups excluding carboxylic acids is 2. The van der Waals surface area contributed by atoms with Gasteiger partial charge in [-0.2, -0.15) is 0 Å². The lowest BCUT2D eigenvalue weighted by molar-refractivity contribution is -0.122. The molecule has 3 rings (SSSR count). The average Bonchev–Trinajstić information content (AvgIpc) is 2.71. The van der Waals surface area contributed by atoms with E-state index in [9.17, 15) is 14.7 Å². The first-order valence-electron chi connectivity index (χ1n) is 9.70. The Morgan fingerprint density at radius 1 is 1.31 bits per heavy atom. The number of ether oxygens (including phenoxy) is 2. The summed E-state index contributed by atoms with van der Waals surface area (Å²) in [6.45, 7) is 4.14. The number of oxime groups is 1. The largest absolute Gasteiger partial charge is 0.511 e. The molecular formula is C21H26N2O6. The first kappa shape index (κ1) is 20.9. The van der Waals surface area contributed by atoms with Crippen molar-refractivity contribution in [2.24, 2.45) is 5.16 Å². The Morgan fingerprint density at radius 3 is 2.76 bits per heavy atom. The second-order valence-electron chi connectivity index (χ2n) is 6.91. The van der Waals surface area contributed by atoms with Gasteiger partial charge in [0.05, 0.1) is 17.0 Å². The summed E-state index contributed by atoms with van der Waals surface area (Å²) in [5.41, 5.74) is 2.18. The van der Waals surface area contributed by atoms with Gasteiger partial charge in [0.15, 0.2) is 12.4 Å². The van der Waals surface area contributed by atoms with Crippen molar-refractivity contribution in [3.05, 3.63) is 35.1 Å². The molecule has 1 aliphatic carbocycles. The Morgan fingerprint density at radius 2 is 2.10 bits per heavy atom. The minimum absolute atomic E-state index is 0.0188. The summed E-state index contributed by atoms with van der Waals surface area (Å²) < 4.78 is 10.6. The van der Waals surface area contributed by atoms with Crippen molar-refractivity contribution in [3.8, 4) is 5.75 Å². The van der Waals surface area contributed by atoms with Crippen molar-refractivity contribution in [2.45, 2.75) is 39.0 Å². The van der Waals surface area contributed by atoms with Crippen LogP contribution in [0.25, 0.3) is 0 Å². The number of benzene rings is 1. The summed E-state index contributed by atoms with van der Waals surface area (Å²) in [4.78, 5) is 31.6. The van der Waals surface area contributed by atoms with Crippen LogP contribution in [0.3, 0.4) is 0 Å². The number of hydrogen-bond donors (Lipinski definition) is 1. The van der Waals surface area contributed by atoms with E-state index < -0.39 is 0 Å². The van der Waals surface area contributed by atoms with Gasteiger partial charge in [0.2, 0.25) is 0 Å². The zero-order chi connectivity index (χ0) is 21.0. The predicted octanol–water partition coefficient (Wildman–Crippen LogP) is 3.08. The van der Waals surface area contributed by atoms with Gasteiger partial charge in [0.25, 0.3) is 5.91 Å². The van der Waals surface area contributed by atoms with E-state index in [-0.39, 0.29) is 48.7 Å². The normalized spacial score (nSPS) is 19.9. The average molecular weight is 402 g/mol. The number of ketones is 1. The zero-order valence-corrected chi connectivity index (χ0v) is 16.9. The van der Waals surface area contributed by atoms with Gasteiger partial charge in [-0.25, -0.2) is 0 Å². The van der Waals surface area contributed by atoms with E-state index in [2.05, 4.69) is 5.16 Å².